The Balaban J connectivity index is 1.74. The number of nitro groups is 1. The van der Waals surface area contributed by atoms with E-state index in [0.29, 0.717) is 11.1 Å². The first-order chi connectivity index (χ1) is 11.5. The van der Waals surface area contributed by atoms with Gasteiger partial charge in [0.15, 0.2) is 0 Å². The number of nitro benzene ring substituents is 1. The van der Waals surface area contributed by atoms with Gasteiger partial charge < -0.3 is 9.47 Å². The molecule has 0 spiro atoms. The van der Waals surface area contributed by atoms with E-state index in [9.17, 15) is 14.9 Å². The maximum Gasteiger partial charge on any atom is 0.338 e. The summed E-state index contributed by atoms with van der Waals surface area (Å²) in [6.07, 6.45) is 1.14. The molecule has 122 valence electrons. The highest BCUT2D eigenvalue weighted by Crippen LogP contribution is 2.28. The third-order valence-corrected chi connectivity index (χ3v) is 3.73. The van der Waals surface area contributed by atoms with Crippen LogP contribution in [0, 0.1) is 10.1 Å². The van der Waals surface area contributed by atoms with E-state index < -0.39 is 17.0 Å². The zero-order chi connectivity index (χ0) is 17.1. The van der Waals surface area contributed by atoms with Gasteiger partial charge in [0.25, 0.3) is 5.69 Å². The molecule has 0 aliphatic carbocycles. The molecule has 0 saturated heterocycles. The van der Waals surface area contributed by atoms with Crippen molar-refractivity contribution in [2.45, 2.75) is 13.0 Å². The lowest BCUT2D eigenvalue weighted by molar-refractivity contribution is -0.385. The number of nitrogens with zero attached hydrogens (tertiary/aromatic N) is 1. The Labute approximate surface area is 138 Å². The molecule has 0 amide bonds. The maximum absolute atomic E-state index is 12.3. The first-order valence-corrected chi connectivity index (χ1v) is 7.42. The molecule has 1 aliphatic rings. The van der Waals surface area contributed by atoms with Crippen molar-refractivity contribution in [1.29, 1.82) is 0 Å². The summed E-state index contributed by atoms with van der Waals surface area (Å²) in [4.78, 5) is 22.7. The molecule has 0 fully saturated rings. The molecule has 24 heavy (non-hydrogen) atoms. The number of non-ortho nitro benzene ring substituents is 1. The number of benzene rings is 2. The predicted molar refractivity (Wildman–Crippen MR) is 87.5 cm³/mol. The minimum absolute atomic E-state index is 0.0375. The molecule has 1 heterocycles. The number of rotatable bonds is 4. The van der Waals surface area contributed by atoms with Crippen LogP contribution in [0.4, 0.5) is 5.69 Å². The van der Waals surface area contributed by atoms with E-state index in [-0.39, 0.29) is 12.3 Å². The first-order valence-electron chi connectivity index (χ1n) is 7.42. The molecule has 2 aromatic rings. The Kier molecular flexibility index (Phi) is 4.29. The average Bonchev–Trinajstić information content (AvgIpc) is 2.61. The number of fused-ring (bicyclic) bond motifs is 1. The van der Waals surface area contributed by atoms with Gasteiger partial charge in [0.05, 0.1) is 10.5 Å². The highest BCUT2D eigenvalue weighted by Gasteiger charge is 2.21. The fraction of sp³-hybridized carbons (Fsp3) is 0.167. The van der Waals surface area contributed by atoms with Crippen molar-refractivity contribution in [3.8, 4) is 5.75 Å². The van der Waals surface area contributed by atoms with E-state index in [1.54, 1.807) is 25.1 Å². The van der Waals surface area contributed by atoms with Gasteiger partial charge in [0.2, 0.25) is 0 Å². The first kappa shape index (κ1) is 15.7. The van der Waals surface area contributed by atoms with Gasteiger partial charge in [-0.05, 0) is 24.6 Å². The molecule has 1 atom stereocenters. The van der Waals surface area contributed by atoms with Crippen LogP contribution >= 0.6 is 0 Å². The highest BCUT2D eigenvalue weighted by atomic mass is 16.6. The summed E-state index contributed by atoms with van der Waals surface area (Å²) in [6, 6.07) is 13.5. The van der Waals surface area contributed by atoms with Gasteiger partial charge in [-0.2, -0.15) is 0 Å². The number of ether oxygens (including phenoxy) is 2. The summed E-state index contributed by atoms with van der Waals surface area (Å²) in [5.74, 6) is 0.226. The molecule has 6 nitrogen and oxygen atoms in total. The minimum atomic E-state index is -0.601. The second-order valence-corrected chi connectivity index (χ2v) is 5.40. The summed E-state index contributed by atoms with van der Waals surface area (Å²) in [5.41, 5.74) is 1.75. The number of hydrogen-bond acceptors (Lipinski definition) is 5. The lowest BCUT2D eigenvalue weighted by Crippen LogP contribution is -2.18. The van der Waals surface area contributed by atoms with Gasteiger partial charge in [0, 0.05) is 17.7 Å². The van der Waals surface area contributed by atoms with Crippen molar-refractivity contribution in [2.75, 3.05) is 6.61 Å². The van der Waals surface area contributed by atoms with Crippen molar-refractivity contribution in [3.05, 3.63) is 75.3 Å². The van der Waals surface area contributed by atoms with Crippen LogP contribution < -0.4 is 4.74 Å². The van der Waals surface area contributed by atoms with E-state index in [1.807, 2.05) is 24.3 Å². The second kappa shape index (κ2) is 6.54. The Hall–Kier alpha value is -3.15. The third kappa shape index (κ3) is 3.27. The van der Waals surface area contributed by atoms with Crippen molar-refractivity contribution in [1.82, 2.24) is 0 Å². The highest BCUT2D eigenvalue weighted by molar-refractivity contribution is 5.95. The lowest BCUT2D eigenvalue weighted by atomic mass is 10.1. The Morgan fingerprint density at radius 3 is 2.83 bits per heavy atom. The Morgan fingerprint density at radius 2 is 2.04 bits per heavy atom. The van der Waals surface area contributed by atoms with Crippen LogP contribution in [-0.2, 0) is 9.53 Å². The predicted octanol–water partition coefficient (Wildman–Crippen LogP) is 3.68. The SMILES string of the molecule is CC(OC(=O)C1=Cc2ccccc2OC1)c1cccc([N+](=O)[O-])c1. The topological polar surface area (TPSA) is 78.7 Å². The van der Waals surface area contributed by atoms with Gasteiger partial charge in [-0.15, -0.1) is 0 Å². The zero-order valence-corrected chi connectivity index (χ0v) is 13.0. The van der Waals surface area contributed by atoms with Crippen LogP contribution in [0.2, 0.25) is 0 Å². The monoisotopic (exact) mass is 325 g/mol. The van der Waals surface area contributed by atoms with Crippen molar-refractivity contribution in [3.63, 3.8) is 0 Å². The summed E-state index contributed by atoms with van der Waals surface area (Å²) in [7, 11) is 0. The summed E-state index contributed by atoms with van der Waals surface area (Å²) >= 11 is 0. The fourth-order valence-electron chi connectivity index (χ4n) is 2.43. The van der Waals surface area contributed by atoms with Gasteiger partial charge in [-0.1, -0.05) is 30.3 Å². The van der Waals surface area contributed by atoms with Gasteiger partial charge in [-0.25, -0.2) is 4.79 Å². The van der Waals surface area contributed by atoms with E-state index in [1.165, 1.54) is 12.1 Å². The number of carbonyl (C=O) groups is 1. The van der Waals surface area contributed by atoms with Gasteiger partial charge in [0.1, 0.15) is 18.5 Å². The average molecular weight is 325 g/mol. The van der Waals surface area contributed by atoms with E-state index in [2.05, 4.69) is 0 Å². The number of hydrogen-bond donors (Lipinski definition) is 0. The molecular weight excluding hydrogens is 310 g/mol. The molecule has 0 N–H and O–H groups in total. The van der Waals surface area contributed by atoms with Crippen molar-refractivity contribution in [2.24, 2.45) is 0 Å². The molecule has 0 radical (unpaired) electrons. The molecule has 6 heteroatoms. The zero-order valence-electron chi connectivity index (χ0n) is 13.0. The summed E-state index contributed by atoms with van der Waals surface area (Å²) < 4.78 is 11.0. The number of para-hydroxylation sites is 1. The van der Waals surface area contributed by atoms with E-state index >= 15 is 0 Å². The summed E-state index contributed by atoms with van der Waals surface area (Å²) in [6.45, 7) is 1.81. The molecule has 1 aliphatic heterocycles. The molecule has 1 unspecified atom stereocenters. The molecule has 0 bridgehead atoms. The van der Waals surface area contributed by atoms with Crippen molar-refractivity contribution < 1.29 is 19.2 Å². The molecule has 0 saturated carbocycles. The van der Waals surface area contributed by atoms with Crippen LogP contribution in [0.3, 0.4) is 0 Å². The summed E-state index contributed by atoms with van der Waals surface area (Å²) in [5, 5.41) is 10.8. The molecule has 3 rings (SSSR count). The molecule has 0 aromatic heterocycles. The Bertz CT molecular complexity index is 828. The van der Waals surface area contributed by atoms with E-state index in [4.69, 9.17) is 9.47 Å². The second-order valence-electron chi connectivity index (χ2n) is 5.40. The standard InChI is InChI=1S/C18H15NO5/c1-12(13-6-4-7-16(10-13)19(21)22)24-18(20)15-9-14-5-2-3-8-17(14)23-11-15/h2-10,12H,11H2,1H3. The van der Waals surface area contributed by atoms with Crippen LogP contribution in [-0.4, -0.2) is 17.5 Å². The van der Waals surface area contributed by atoms with Crippen LogP contribution in [0.15, 0.2) is 54.1 Å². The van der Waals surface area contributed by atoms with Crippen LogP contribution in [0.5, 0.6) is 5.75 Å². The van der Waals surface area contributed by atoms with Crippen LogP contribution in [0.1, 0.15) is 24.2 Å². The van der Waals surface area contributed by atoms with Gasteiger partial charge in [-0.3, -0.25) is 10.1 Å². The minimum Gasteiger partial charge on any atom is -0.488 e. The van der Waals surface area contributed by atoms with E-state index in [0.717, 1.165) is 11.3 Å². The largest absolute Gasteiger partial charge is 0.488 e. The lowest BCUT2D eigenvalue weighted by Gasteiger charge is -2.19. The van der Waals surface area contributed by atoms with Crippen molar-refractivity contribution >= 4 is 17.7 Å². The van der Waals surface area contributed by atoms with Gasteiger partial charge >= 0.3 is 5.97 Å². The number of carbonyl (C=O) groups excluding carboxylic acids is 1. The normalized spacial score (nSPS) is 14.0. The molecule has 2 aromatic carbocycles. The molecular formula is C18H15NO5. The Morgan fingerprint density at radius 1 is 1.25 bits per heavy atom. The third-order valence-electron chi connectivity index (χ3n) is 3.73. The maximum atomic E-state index is 12.3. The fourth-order valence-corrected chi connectivity index (χ4v) is 2.43. The smallest absolute Gasteiger partial charge is 0.338 e. The quantitative estimate of drug-likeness (QED) is 0.487. The van der Waals surface area contributed by atoms with Crippen LogP contribution in [0.25, 0.3) is 6.08 Å². The number of esters is 1.